The van der Waals surface area contributed by atoms with Gasteiger partial charge in [0.05, 0.1) is 6.26 Å². The van der Waals surface area contributed by atoms with Gasteiger partial charge in [0.25, 0.3) is 11.8 Å². The Balaban J connectivity index is 1.69. The molecule has 0 saturated carbocycles. The van der Waals surface area contributed by atoms with Gasteiger partial charge in [-0.25, -0.2) is 0 Å². The molecule has 0 unspecified atom stereocenters. The third kappa shape index (κ3) is 4.14. The standard InChI is InChI=1S/C20H18N2O3/c1-2-14-8-10-16(11-9-14)21-19(23)15-5-3-6-17(13-15)22-20(24)18-7-4-12-25-18/h3-13H,2H2,1H3,(H,21,23)(H,22,24). The maximum atomic E-state index is 12.4. The van der Waals surface area contributed by atoms with Gasteiger partial charge in [-0.3, -0.25) is 9.59 Å². The zero-order chi connectivity index (χ0) is 17.6. The molecule has 2 amide bonds. The highest BCUT2D eigenvalue weighted by Crippen LogP contribution is 2.15. The molecule has 0 fully saturated rings. The molecule has 0 atom stereocenters. The van der Waals surface area contributed by atoms with Gasteiger partial charge >= 0.3 is 0 Å². The fraction of sp³-hybridized carbons (Fsp3) is 0.100. The zero-order valence-electron chi connectivity index (χ0n) is 13.8. The monoisotopic (exact) mass is 334 g/mol. The predicted molar refractivity (Wildman–Crippen MR) is 96.9 cm³/mol. The summed E-state index contributed by atoms with van der Waals surface area (Å²) >= 11 is 0. The molecule has 1 heterocycles. The molecule has 126 valence electrons. The molecule has 0 saturated heterocycles. The number of hydrogen-bond donors (Lipinski definition) is 2. The van der Waals surface area contributed by atoms with Gasteiger partial charge in [-0.1, -0.05) is 25.1 Å². The van der Waals surface area contributed by atoms with Crippen molar-refractivity contribution in [1.82, 2.24) is 0 Å². The van der Waals surface area contributed by atoms with Gasteiger partial charge in [-0.15, -0.1) is 0 Å². The molecule has 0 aliphatic heterocycles. The Kier molecular flexibility index (Phi) is 4.95. The molecule has 0 aliphatic carbocycles. The van der Waals surface area contributed by atoms with Gasteiger partial charge in [-0.05, 0) is 54.4 Å². The van der Waals surface area contributed by atoms with Crippen molar-refractivity contribution in [3.8, 4) is 0 Å². The number of rotatable bonds is 5. The Morgan fingerprint density at radius 2 is 1.64 bits per heavy atom. The smallest absolute Gasteiger partial charge is 0.291 e. The highest BCUT2D eigenvalue weighted by Gasteiger charge is 2.11. The summed E-state index contributed by atoms with van der Waals surface area (Å²) in [6, 6.07) is 17.7. The van der Waals surface area contributed by atoms with Gasteiger partial charge in [0.15, 0.2) is 5.76 Å². The van der Waals surface area contributed by atoms with Crippen LogP contribution >= 0.6 is 0 Å². The second kappa shape index (κ2) is 7.49. The Morgan fingerprint density at radius 3 is 2.32 bits per heavy atom. The van der Waals surface area contributed by atoms with E-state index in [2.05, 4.69) is 17.6 Å². The summed E-state index contributed by atoms with van der Waals surface area (Å²) in [4.78, 5) is 24.4. The van der Waals surface area contributed by atoms with Gasteiger partial charge < -0.3 is 15.1 Å². The number of hydrogen-bond acceptors (Lipinski definition) is 3. The second-order valence-electron chi connectivity index (χ2n) is 5.52. The molecular weight excluding hydrogens is 316 g/mol. The van der Waals surface area contributed by atoms with Crippen LogP contribution in [0.3, 0.4) is 0 Å². The van der Waals surface area contributed by atoms with Crippen LogP contribution < -0.4 is 10.6 Å². The summed E-state index contributed by atoms with van der Waals surface area (Å²) in [6.45, 7) is 2.08. The first-order chi connectivity index (χ1) is 12.2. The molecule has 5 heteroatoms. The number of aryl methyl sites for hydroxylation is 1. The van der Waals surface area contributed by atoms with Crippen molar-refractivity contribution < 1.29 is 14.0 Å². The van der Waals surface area contributed by atoms with Crippen molar-refractivity contribution in [2.45, 2.75) is 13.3 Å². The molecule has 5 nitrogen and oxygen atoms in total. The zero-order valence-corrected chi connectivity index (χ0v) is 13.8. The van der Waals surface area contributed by atoms with Crippen molar-refractivity contribution in [3.63, 3.8) is 0 Å². The van der Waals surface area contributed by atoms with Crippen LogP contribution in [0.4, 0.5) is 11.4 Å². The van der Waals surface area contributed by atoms with E-state index >= 15 is 0 Å². The number of carbonyl (C=O) groups excluding carboxylic acids is 2. The van der Waals surface area contributed by atoms with E-state index in [0.29, 0.717) is 11.3 Å². The van der Waals surface area contributed by atoms with Crippen LogP contribution in [0, 0.1) is 0 Å². The summed E-state index contributed by atoms with van der Waals surface area (Å²) in [7, 11) is 0. The third-order valence-corrected chi connectivity index (χ3v) is 3.75. The number of amides is 2. The van der Waals surface area contributed by atoms with E-state index in [4.69, 9.17) is 4.42 Å². The lowest BCUT2D eigenvalue weighted by Gasteiger charge is -2.08. The van der Waals surface area contributed by atoms with Gasteiger partial charge in [-0.2, -0.15) is 0 Å². The van der Waals surface area contributed by atoms with Crippen LogP contribution in [0.1, 0.15) is 33.4 Å². The van der Waals surface area contributed by atoms with E-state index < -0.39 is 0 Å². The highest BCUT2D eigenvalue weighted by molar-refractivity contribution is 6.06. The molecule has 1 aromatic heterocycles. The summed E-state index contributed by atoms with van der Waals surface area (Å²) in [5.41, 5.74) is 2.92. The van der Waals surface area contributed by atoms with Crippen molar-refractivity contribution in [3.05, 3.63) is 83.8 Å². The number of nitrogens with one attached hydrogen (secondary N) is 2. The second-order valence-corrected chi connectivity index (χ2v) is 5.52. The van der Waals surface area contributed by atoms with E-state index in [9.17, 15) is 9.59 Å². The molecule has 2 N–H and O–H groups in total. The van der Waals surface area contributed by atoms with Crippen LogP contribution in [0.25, 0.3) is 0 Å². The van der Waals surface area contributed by atoms with Crippen LogP contribution in [-0.2, 0) is 6.42 Å². The molecule has 0 aliphatic rings. The lowest BCUT2D eigenvalue weighted by Crippen LogP contribution is -2.14. The summed E-state index contributed by atoms with van der Waals surface area (Å²) < 4.78 is 5.05. The highest BCUT2D eigenvalue weighted by atomic mass is 16.3. The number of carbonyl (C=O) groups is 2. The molecule has 0 spiro atoms. The fourth-order valence-electron chi connectivity index (χ4n) is 2.37. The van der Waals surface area contributed by atoms with E-state index in [0.717, 1.165) is 12.1 Å². The van der Waals surface area contributed by atoms with E-state index in [1.54, 1.807) is 36.4 Å². The van der Waals surface area contributed by atoms with Crippen molar-refractivity contribution in [2.75, 3.05) is 10.6 Å². The summed E-state index contributed by atoms with van der Waals surface area (Å²) in [6.07, 6.45) is 2.38. The first-order valence-corrected chi connectivity index (χ1v) is 8.01. The lowest BCUT2D eigenvalue weighted by atomic mass is 10.1. The minimum Gasteiger partial charge on any atom is -0.459 e. The fourth-order valence-corrected chi connectivity index (χ4v) is 2.37. The Hall–Kier alpha value is -3.34. The summed E-state index contributed by atoms with van der Waals surface area (Å²) in [5, 5.41) is 5.55. The van der Waals surface area contributed by atoms with Crippen molar-refractivity contribution in [2.24, 2.45) is 0 Å². The first-order valence-electron chi connectivity index (χ1n) is 8.01. The first kappa shape index (κ1) is 16.5. The van der Waals surface area contributed by atoms with E-state index in [1.807, 2.05) is 24.3 Å². The topological polar surface area (TPSA) is 71.3 Å². The SMILES string of the molecule is CCc1ccc(NC(=O)c2cccc(NC(=O)c3ccco3)c2)cc1. The minimum absolute atomic E-state index is 0.214. The molecule has 25 heavy (non-hydrogen) atoms. The average molecular weight is 334 g/mol. The molecule has 0 bridgehead atoms. The third-order valence-electron chi connectivity index (χ3n) is 3.75. The van der Waals surface area contributed by atoms with Crippen molar-refractivity contribution >= 4 is 23.2 Å². The van der Waals surface area contributed by atoms with E-state index in [-0.39, 0.29) is 17.6 Å². The van der Waals surface area contributed by atoms with Gasteiger partial charge in [0.1, 0.15) is 0 Å². The molecule has 3 rings (SSSR count). The van der Waals surface area contributed by atoms with Crippen molar-refractivity contribution in [1.29, 1.82) is 0 Å². The van der Waals surface area contributed by atoms with Crippen LogP contribution in [0.15, 0.2) is 71.3 Å². The predicted octanol–water partition coefficient (Wildman–Crippen LogP) is 4.35. The van der Waals surface area contributed by atoms with Gasteiger partial charge in [0, 0.05) is 16.9 Å². The molecular formula is C20H18N2O3. The Morgan fingerprint density at radius 1 is 0.880 bits per heavy atom. The van der Waals surface area contributed by atoms with Crippen LogP contribution in [-0.4, -0.2) is 11.8 Å². The maximum Gasteiger partial charge on any atom is 0.291 e. The van der Waals surface area contributed by atoms with E-state index in [1.165, 1.54) is 11.8 Å². The quantitative estimate of drug-likeness (QED) is 0.729. The number of furan rings is 1. The largest absolute Gasteiger partial charge is 0.459 e. The maximum absolute atomic E-state index is 12.4. The Bertz CT molecular complexity index is 868. The van der Waals surface area contributed by atoms with Crippen LogP contribution in [0.5, 0.6) is 0 Å². The minimum atomic E-state index is -0.363. The molecule has 2 aromatic carbocycles. The summed E-state index contributed by atoms with van der Waals surface area (Å²) in [5.74, 6) is -0.387. The van der Waals surface area contributed by atoms with Crippen LogP contribution in [0.2, 0.25) is 0 Å². The normalized spacial score (nSPS) is 10.3. The molecule has 0 radical (unpaired) electrons. The Labute approximate surface area is 145 Å². The van der Waals surface area contributed by atoms with Gasteiger partial charge in [0.2, 0.25) is 0 Å². The molecule has 3 aromatic rings. The lowest BCUT2D eigenvalue weighted by molar-refractivity contribution is 0.0993. The average Bonchev–Trinajstić information content (AvgIpc) is 3.17. The number of benzene rings is 2. The number of anilines is 2.